The van der Waals surface area contributed by atoms with Gasteiger partial charge in [-0.15, -0.1) is 5.10 Å². The van der Waals surface area contributed by atoms with Gasteiger partial charge in [0.15, 0.2) is 0 Å². The summed E-state index contributed by atoms with van der Waals surface area (Å²) in [6.45, 7) is 4.63. The Balaban J connectivity index is 1.71. The van der Waals surface area contributed by atoms with Crippen molar-refractivity contribution in [1.82, 2.24) is 20.3 Å². The molecule has 0 radical (unpaired) electrons. The molecule has 0 saturated carbocycles. The summed E-state index contributed by atoms with van der Waals surface area (Å²) in [6, 6.07) is 10.00. The minimum Gasteiger partial charge on any atom is -0.467 e. The van der Waals surface area contributed by atoms with Gasteiger partial charge < -0.3 is 9.73 Å². The van der Waals surface area contributed by atoms with Crippen LogP contribution >= 0.6 is 0 Å². The lowest BCUT2D eigenvalue weighted by Crippen LogP contribution is -2.13. The summed E-state index contributed by atoms with van der Waals surface area (Å²) in [5, 5.41) is 11.7. The summed E-state index contributed by atoms with van der Waals surface area (Å²) in [6.07, 6.45) is 2.94. The van der Waals surface area contributed by atoms with E-state index in [4.69, 9.17) is 4.42 Å². The van der Waals surface area contributed by atoms with Crippen LogP contribution < -0.4 is 5.32 Å². The molecule has 0 bridgehead atoms. The first-order valence-corrected chi connectivity index (χ1v) is 6.92. The van der Waals surface area contributed by atoms with Crippen LogP contribution in [0.15, 0.2) is 41.0 Å². The molecule has 0 aliphatic heterocycles. The molecule has 0 unspecified atom stereocenters. The maximum absolute atomic E-state index is 5.59. The number of rotatable bonds is 6. The van der Waals surface area contributed by atoms with Crippen LogP contribution in [0.5, 0.6) is 0 Å². The molecule has 2 heterocycles. The SMILES string of the molecule is CCCNCc1coc(Cn2nnc3ccccc32)c1. The van der Waals surface area contributed by atoms with Gasteiger partial charge >= 0.3 is 0 Å². The number of furan rings is 1. The van der Waals surface area contributed by atoms with Crippen molar-refractivity contribution in [2.24, 2.45) is 0 Å². The van der Waals surface area contributed by atoms with Crippen LogP contribution in [0.3, 0.4) is 0 Å². The lowest BCUT2D eigenvalue weighted by Gasteiger charge is -1.99. The number of nitrogens with one attached hydrogen (secondary N) is 1. The molecule has 0 saturated heterocycles. The van der Waals surface area contributed by atoms with Crippen molar-refractivity contribution >= 4 is 11.0 Å². The summed E-state index contributed by atoms with van der Waals surface area (Å²) in [5.41, 5.74) is 3.09. The molecular weight excluding hydrogens is 252 g/mol. The van der Waals surface area contributed by atoms with Crippen molar-refractivity contribution in [3.05, 3.63) is 47.9 Å². The second-order valence-electron chi connectivity index (χ2n) is 4.83. The predicted octanol–water partition coefficient (Wildman–Crippen LogP) is 2.57. The van der Waals surface area contributed by atoms with E-state index in [0.717, 1.165) is 41.9 Å². The zero-order valence-corrected chi connectivity index (χ0v) is 11.5. The van der Waals surface area contributed by atoms with E-state index in [1.54, 1.807) is 6.26 Å². The van der Waals surface area contributed by atoms with E-state index in [1.165, 1.54) is 0 Å². The Morgan fingerprint density at radius 2 is 2.20 bits per heavy atom. The molecule has 2 aromatic heterocycles. The first-order chi connectivity index (χ1) is 9.86. The van der Waals surface area contributed by atoms with E-state index >= 15 is 0 Å². The average Bonchev–Trinajstić information content (AvgIpc) is 3.08. The molecular formula is C15H18N4O. The van der Waals surface area contributed by atoms with Gasteiger partial charge in [-0.1, -0.05) is 24.3 Å². The summed E-state index contributed by atoms with van der Waals surface area (Å²) in [4.78, 5) is 0. The number of aromatic nitrogens is 3. The molecule has 0 aliphatic carbocycles. The van der Waals surface area contributed by atoms with Crippen molar-refractivity contribution in [2.45, 2.75) is 26.4 Å². The second-order valence-corrected chi connectivity index (χ2v) is 4.83. The minimum absolute atomic E-state index is 0.605. The topological polar surface area (TPSA) is 55.9 Å². The maximum atomic E-state index is 5.59. The Labute approximate surface area is 117 Å². The van der Waals surface area contributed by atoms with Crippen LogP contribution in [0.25, 0.3) is 11.0 Å². The highest BCUT2D eigenvalue weighted by atomic mass is 16.3. The van der Waals surface area contributed by atoms with Gasteiger partial charge in [-0.3, -0.25) is 0 Å². The minimum atomic E-state index is 0.605. The molecule has 3 rings (SSSR count). The van der Waals surface area contributed by atoms with Gasteiger partial charge in [-0.25, -0.2) is 4.68 Å². The molecule has 104 valence electrons. The van der Waals surface area contributed by atoms with E-state index in [0.29, 0.717) is 6.54 Å². The summed E-state index contributed by atoms with van der Waals surface area (Å²) in [5.74, 6) is 0.897. The lowest BCUT2D eigenvalue weighted by atomic mass is 10.3. The van der Waals surface area contributed by atoms with Crippen LogP contribution in [0.2, 0.25) is 0 Å². The fourth-order valence-corrected chi connectivity index (χ4v) is 2.19. The highest BCUT2D eigenvalue weighted by Gasteiger charge is 2.07. The van der Waals surface area contributed by atoms with Gasteiger partial charge in [0.1, 0.15) is 17.8 Å². The molecule has 0 aliphatic rings. The van der Waals surface area contributed by atoms with Crippen LogP contribution in [-0.4, -0.2) is 21.5 Å². The fourth-order valence-electron chi connectivity index (χ4n) is 2.19. The number of benzene rings is 1. The van der Waals surface area contributed by atoms with Gasteiger partial charge in [0.05, 0.1) is 11.8 Å². The summed E-state index contributed by atoms with van der Waals surface area (Å²) < 4.78 is 7.45. The van der Waals surface area contributed by atoms with Crippen molar-refractivity contribution in [2.75, 3.05) is 6.54 Å². The van der Waals surface area contributed by atoms with E-state index in [2.05, 4.69) is 28.6 Å². The van der Waals surface area contributed by atoms with Gasteiger partial charge in [0, 0.05) is 12.1 Å². The molecule has 0 atom stereocenters. The summed E-state index contributed by atoms with van der Waals surface area (Å²) in [7, 11) is 0. The normalized spacial score (nSPS) is 11.2. The first kappa shape index (κ1) is 12.9. The van der Waals surface area contributed by atoms with Gasteiger partial charge in [0.25, 0.3) is 0 Å². The third-order valence-electron chi connectivity index (χ3n) is 3.19. The first-order valence-electron chi connectivity index (χ1n) is 6.92. The highest BCUT2D eigenvalue weighted by Crippen LogP contribution is 2.14. The van der Waals surface area contributed by atoms with Crippen LogP contribution in [0, 0.1) is 0 Å². The number of hydrogen-bond acceptors (Lipinski definition) is 4. The Hall–Kier alpha value is -2.14. The van der Waals surface area contributed by atoms with Gasteiger partial charge in [0.2, 0.25) is 0 Å². The van der Waals surface area contributed by atoms with Gasteiger partial charge in [-0.2, -0.15) is 0 Å². The molecule has 5 heteroatoms. The number of fused-ring (bicyclic) bond motifs is 1. The molecule has 1 aromatic carbocycles. The quantitative estimate of drug-likeness (QED) is 0.699. The maximum Gasteiger partial charge on any atom is 0.125 e. The Morgan fingerprint density at radius 1 is 1.30 bits per heavy atom. The number of para-hydroxylation sites is 1. The third kappa shape index (κ3) is 2.72. The predicted molar refractivity (Wildman–Crippen MR) is 77.3 cm³/mol. The molecule has 5 nitrogen and oxygen atoms in total. The van der Waals surface area contributed by atoms with Crippen molar-refractivity contribution < 1.29 is 4.42 Å². The van der Waals surface area contributed by atoms with Gasteiger partial charge in [-0.05, 0) is 31.2 Å². The molecule has 0 fully saturated rings. The zero-order chi connectivity index (χ0) is 13.8. The third-order valence-corrected chi connectivity index (χ3v) is 3.19. The van der Waals surface area contributed by atoms with Crippen molar-refractivity contribution in [1.29, 1.82) is 0 Å². The van der Waals surface area contributed by atoms with Crippen LogP contribution in [-0.2, 0) is 13.1 Å². The lowest BCUT2D eigenvalue weighted by molar-refractivity contribution is 0.478. The second kappa shape index (κ2) is 5.88. The molecule has 1 N–H and O–H groups in total. The Bertz CT molecular complexity index is 686. The van der Waals surface area contributed by atoms with Crippen LogP contribution in [0.1, 0.15) is 24.7 Å². The summed E-state index contributed by atoms with van der Waals surface area (Å²) >= 11 is 0. The van der Waals surface area contributed by atoms with Crippen molar-refractivity contribution in [3.63, 3.8) is 0 Å². The highest BCUT2D eigenvalue weighted by molar-refractivity contribution is 5.73. The largest absolute Gasteiger partial charge is 0.467 e. The molecule has 20 heavy (non-hydrogen) atoms. The standard InChI is InChI=1S/C15H18N4O/c1-2-7-16-9-12-8-13(20-11-12)10-19-15-6-4-3-5-14(15)17-18-19/h3-6,8,11,16H,2,7,9-10H2,1H3. The smallest absolute Gasteiger partial charge is 0.125 e. The molecule has 0 spiro atoms. The van der Waals surface area contributed by atoms with Crippen LogP contribution in [0.4, 0.5) is 0 Å². The number of hydrogen-bond donors (Lipinski definition) is 1. The van der Waals surface area contributed by atoms with E-state index in [9.17, 15) is 0 Å². The monoisotopic (exact) mass is 270 g/mol. The fraction of sp³-hybridized carbons (Fsp3) is 0.333. The van der Waals surface area contributed by atoms with E-state index < -0.39 is 0 Å². The Kier molecular flexibility index (Phi) is 3.78. The van der Waals surface area contributed by atoms with Crippen molar-refractivity contribution in [3.8, 4) is 0 Å². The zero-order valence-electron chi connectivity index (χ0n) is 11.5. The molecule has 3 aromatic rings. The number of nitrogens with zero attached hydrogens (tertiary/aromatic N) is 3. The molecule has 0 amide bonds. The Morgan fingerprint density at radius 3 is 3.10 bits per heavy atom. The van der Waals surface area contributed by atoms with E-state index in [-0.39, 0.29) is 0 Å². The average molecular weight is 270 g/mol. The van der Waals surface area contributed by atoms with E-state index in [1.807, 2.05) is 28.9 Å².